The number of pyridine rings is 1. The van der Waals surface area contributed by atoms with Gasteiger partial charge >= 0.3 is 0 Å². The highest BCUT2D eigenvalue weighted by atomic mass is 79.9. The van der Waals surface area contributed by atoms with Gasteiger partial charge in [-0.1, -0.05) is 39.7 Å². The van der Waals surface area contributed by atoms with Crippen molar-refractivity contribution in [3.05, 3.63) is 51.6 Å². The molecular weight excluding hydrogens is 336 g/mol. The lowest BCUT2D eigenvalue weighted by Crippen LogP contribution is -2.27. The first-order valence-electron chi connectivity index (χ1n) is 6.87. The third-order valence-electron chi connectivity index (χ3n) is 3.80. The third-order valence-corrected chi connectivity index (χ3v) is 4.61. The second-order valence-corrected chi connectivity index (χ2v) is 6.41. The van der Waals surface area contributed by atoms with Crippen LogP contribution in [-0.2, 0) is 0 Å². The molecule has 0 amide bonds. The van der Waals surface area contributed by atoms with Crippen LogP contribution in [0.2, 0.25) is 5.02 Å². The van der Waals surface area contributed by atoms with E-state index < -0.39 is 0 Å². The van der Waals surface area contributed by atoms with Gasteiger partial charge in [0.25, 0.3) is 0 Å². The standard InChI is InChI=1S/C16H16BrClN2/c17-12-3-4-14(15(18)10-12)16-13(2-1-7-20-16)11-5-8-19-9-6-11/h1-4,7,10-11,19H,5-6,8-9H2. The monoisotopic (exact) mass is 350 g/mol. The summed E-state index contributed by atoms with van der Waals surface area (Å²) in [4.78, 5) is 4.59. The molecule has 20 heavy (non-hydrogen) atoms. The number of piperidine rings is 1. The Morgan fingerprint density at radius 2 is 2.00 bits per heavy atom. The van der Waals surface area contributed by atoms with Crippen molar-refractivity contribution in [3.63, 3.8) is 0 Å². The summed E-state index contributed by atoms with van der Waals surface area (Å²) in [5, 5.41) is 4.15. The van der Waals surface area contributed by atoms with Crippen LogP contribution in [0.1, 0.15) is 24.3 Å². The van der Waals surface area contributed by atoms with Crippen molar-refractivity contribution in [2.24, 2.45) is 0 Å². The van der Waals surface area contributed by atoms with Gasteiger partial charge < -0.3 is 5.32 Å². The van der Waals surface area contributed by atoms with Gasteiger partial charge in [0.05, 0.1) is 10.7 Å². The van der Waals surface area contributed by atoms with Gasteiger partial charge in [0.2, 0.25) is 0 Å². The van der Waals surface area contributed by atoms with Crippen LogP contribution in [-0.4, -0.2) is 18.1 Å². The molecule has 0 spiro atoms. The lowest BCUT2D eigenvalue weighted by Gasteiger charge is -2.24. The fourth-order valence-electron chi connectivity index (χ4n) is 2.79. The Morgan fingerprint density at radius 3 is 2.75 bits per heavy atom. The number of benzene rings is 1. The molecule has 1 aromatic carbocycles. The first-order chi connectivity index (χ1) is 9.75. The van der Waals surface area contributed by atoms with Crippen molar-refractivity contribution in [1.29, 1.82) is 0 Å². The number of aromatic nitrogens is 1. The number of nitrogens with one attached hydrogen (secondary N) is 1. The van der Waals surface area contributed by atoms with E-state index in [1.165, 1.54) is 5.56 Å². The molecule has 0 saturated carbocycles. The molecule has 2 aromatic rings. The van der Waals surface area contributed by atoms with E-state index in [4.69, 9.17) is 11.6 Å². The van der Waals surface area contributed by atoms with Crippen molar-refractivity contribution >= 4 is 27.5 Å². The van der Waals surface area contributed by atoms with Gasteiger partial charge in [0, 0.05) is 16.2 Å². The molecule has 104 valence electrons. The Hall–Kier alpha value is -0.900. The Labute approximate surface area is 132 Å². The summed E-state index contributed by atoms with van der Waals surface area (Å²) < 4.78 is 0.991. The van der Waals surface area contributed by atoms with Gasteiger partial charge in [0.1, 0.15) is 0 Å². The second-order valence-electron chi connectivity index (χ2n) is 5.09. The van der Waals surface area contributed by atoms with Crippen molar-refractivity contribution in [2.45, 2.75) is 18.8 Å². The molecule has 4 heteroatoms. The number of rotatable bonds is 2. The minimum Gasteiger partial charge on any atom is -0.317 e. The van der Waals surface area contributed by atoms with Crippen LogP contribution < -0.4 is 5.32 Å². The van der Waals surface area contributed by atoms with Gasteiger partial charge in [-0.3, -0.25) is 4.98 Å². The van der Waals surface area contributed by atoms with Crippen LogP contribution >= 0.6 is 27.5 Å². The minimum absolute atomic E-state index is 0.569. The Morgan fingerprint density at radius 1 is 1.20 bits per heavy atom. The number of hydrogen-bond acceptors (Lipinski definition) is 2. The zero-order valence-corrected chi connectivity index (χ0v) is 13.4. The van der Waals surface area contributed by atoms with Crippen molar-refractivity contribution in [3.8, 4) is 11.3 Å². The maximum absolute atomic E-state index is 6.39. The first-order valence-corrected chi connectivity index (χ1v) is 8.04. The number of halogens is 2. The molecule has 3 rings (SSSR count). The molecule has 2 nitrogen and oxygen atoms in total. The summed E-state index contributed by atoms with van der Waals surface area (Å²) in [7, 11) is 0. The fraction of sp³-hybridized carbons (Fsp3) is 0.312. The maximum atomic E-state index is 6.39. The predicted molar refractivity (Wildman–Crippen MR) is 87.2 cm³/mol. The molecule has 0 aliphatic carbocycles. The lowest BCUT2D eigenvalue weighted by atomic mass is 9.87. The van der Waals surface area contributed by atoms with Gasteiger partial charge in [-0.2, -0.15) is 0 Å². The third kappa shape index (κ3) is 2.90. The molecule has 1 aliphatic rings. The van der Waals surface area contributed by atoms with Gasteiger partial charge in [-0.15, -0.1) is 0 Å². The summed E-state index contributed by atoms with van der Waals surface area (Å²) in [6.07, 6.45) is 4.16. The van der Waals surface area contributed by atoms with Crippen LogP contribution in [0.4, 0.5) is 0 Å². The Bertz CT molecular complexity index is 609. The zero-order chi connectivity index (χ0) is 13.9. The molecule has 0 atom stereocenters. The van der Waals surface area contributed by atoms with Crippen molar-refractivity contribution in [2.75, 3.05) is 13.1 Å². The number of nitrogens with zero attached hydrogens (tertiary/aromatic N) is 1. The highest BCUT2D eigenvalue weighted by molar-refractivity contribution is 9.10. The highest BCUT2D eigenvalue weighted by Gasteiger charge is 2.20. The first kappa shape index (κ1) is 14.1. The van der Waals surface area contributed by atoms with E-state index in [0.29, 0.717) is 5.92 Å². The van der Waals surface area contributed by atoms with Crippen LogP contribution in [0.3, 0.4) is 0 Å². The van der Waals surface area contributed by atoms with Crippen LogP contribution in [0.15, 0.2) is 41.0 Å². The quantitative estimate of drug-likeness (QED) is 0.853. The molecule has 0 unspecified atom stereocenters. The smallest absolute Gasteiger partial charge is 0.0751 e. The van der Waals surface area contributed by atoms with Crippen molar-refractivity contribution in [1.82, 2.24) is 10.3 Å². The normalized spacial score (nSPS) is 16.3. The topological polar surface area (TPSA) is 24.9 Å². The van der Waals surface area contributed by atoms with E-state index in [9.17, 15) is 0 Å². The van der Waals surface area contributed by atoms with E-state index in [2.05, 4.69) is 32.3 Å². The molecule has 1 aromatic heterocycles. The molecule has 0 radical (unpaired) electrons. The summed E-state index contributed by atoms with van der Waals surface area (Å²) in [5.74, 6) is 0.569. The fourth-order valence-corrected chi connectivity index (χ4v) is 3.55. The van der Waals surface area contributed by atoms with E-state index in [1.54, 1.807) is 0 Å². The molecule has 0 bridgehead atoms. The summed E-state index contributed by atoms with van der Waals surface area (Å²) in [6, 6.07) is 10.2. The Kier molecular flexibility index (Phi) is 4.39. The minimum atomic E-state index is 0.569. The summed E-state index contributed by atoms with van der Waals surface area (Å²) >= 11 is 9.84. The van der Waals surface area contributed by atoms with Crippen molar-refractivity contribution < 1.29 is 0 Å². The second kappa shape index (κ2) is 6.25. The SMILES string of the molecule is Clc1cc(Br)ccc1-c1ncccc1C1CCNCC1. The molecule has 1 aliphatic heterocycles. The van der Waals surface area contributed by atoms with E-state index in [-0.39, 0.29) is 0 Å². The number of hydrogen-bond donors (Lipinski definition) is 1. The van der Waals surface area contributed by atoms with E-state index >= 15 is 0 Å². The van der Waals surface area contributed by atoms with Crippen LogP contribution in [0.25, 0.3) is 11.3 Å². The highest BCUT2D eigenvalue weighted by Crippen LogP contribution is 2.36. The van der Waals surface area contributed by atoms with Gasteiger partial charge in [0.15, 0.2) is 0 Å². The molecule has 1 saturated heterocycles. The molecular formula is C16H16BrClN2. The molecule has 1 fully saturated rings. The molecule has 1 N–H and O–H groups in total. The van der Waals surface area contributed by atoms with E-state index in [1.807, 2.05) is 30.5 Å². The largest absolute Gasteiger partial charge is 0.317 e. The average Bonchev–Trinajstić information content (AvgIpc) is 2.48. The summed E-state index contributed by atoms with van der Waals surface area (Å²) in [6.45, 7) is 2.15. The molecule has 2 heterocycles. The summed E-state index contributed by atoms with van der Waals surface area (Å²) in [5.41, 5.74) is 3.36. The average molecular weight is 352 g/mol. The zero-order valence-electron chi connectivity index (χ0n) is 11.1. The van der Waals surface area contributed by atoms with Gasteiger partial charge in [-0.05, 0) is 55.6 Å². The Balaban J connectivity index is 2.04. The maximum Gasteiger partial charge on any atom is 0.0751 e. The lowest BCUT2D eigenvalue weighted by molar-refractivity contribution is 0.460. The van der Waals surface area contributed by atoms with Gasteiger partial charge in [-0.25, -0.2) is 0 Å². The predicted octanol–water partition coefficient (Wildman–Crippen LogP) is 4.63. The van der Waals surface area contributed by atoms with Crippen LogP contribution in [0.5, 0.6) is 0 Å². The van der Waals surface area contributed by atoms with E-state index in [0.717, 1.165) is 46.7 Å². The van der Waals surface area contributed by atoms with Crippen LogP contribution in [0, 0.1) is 0 Å².